The van der Waals surface area contributed by atoms with Crippen molar-refractivity contribution in [1.82, 2.24) is 5.32 Å². The monoisotopic (exact) mass is 297 g/mol. The molecular weight excluding hydrogens is 282 g/mol. The van der Waals surface area contributed by atoms with Crippen molar-refractivity contribution in [3.05, 3.63) is 33.9 Å². The number of carbonyl (C=O) groups is 2. The third kappa shape index (κ3) is 4.73. The predicted molar refractivity (Wildman–Crippen MR) is 73.0 cm³/mol. The average Bonchev–Trinajstić information content (AvgIpc) is 2.49. The summed E-state index contributed by atoms with van der Waals surface area (Å²) in [6, 6.07) is 3.60. The smallest absolute Gasteiger partial charge is 0.341 e. The van der Waals surface area contributed by atoms with Gasteiger partial charge in [-0.15, -0.1) is 0 Å². The molecule has 0 aromatic heterocycles. The number of amides is 1. The highest BCUT2D eigenvalue weighted by atomic mass is 16.6. The SMILES string of the molecule is CNC(=O)COC(=O)c1cc([N+](=O)[O-])ccc1NCCO. The second-order valence-electron chi connectivity index (χ2n) is 3.89. The summed E-state index contributed by atoms with van der Waals surface area (Å²) in [7, 11) is 1.39. The van der Waals surface area contributed by atoms with Crippen LogP contribution in [-0.4, -0.2) is 48.7 Å². The van der Waals surface area contributed by atoms with E-state index in [2.05, 4.69) is 10.6 Å². The number of nitrogens with zero attached hydrogens (tertiary/aromatic N) is 1. The van der Waals surface area contributed by atoms with Crippen LogP contribution in [0.5, 0.6) is 0 Å². The lowest BCUT2D eigenvalue weighted by molar-refractivity contribution is -0.384. The summed E-state index contributed by atoms with van der Waals surface area (Å²) in [5.74, 6) is -1.37. The lowest BCUT2D eigenvalue weighted by Gasteiger charge is -2.10. The Morgan fingerprint density at radius 1 is 1.43 bits per heavy atom. The van der Waals surface area contributed by atoms with Crippen molar-refractivity contribution in [2.75, 3.05) is 32.1 Å². The van der Waals surface area contributed by atoms with Crippen LogP contribution in [0.1, 0.15) is 10.4 Å². The number of non-ortho nitro benzene ring substituents is 1. The highest BCUT2D eigenvalue weighted by molar-refractivity contribution is 5.97. The zero-order valence-corrected chi connectivity index (χ0v) is 11.3. The van der Waals surface area contributed by atoms with Gasteiger partial charge in [0.15, 0.2) is 6.61 Å². The van der Waals surface area contributed by atoms with Crippen LogP contribution in [0.2, 0.25) is 0 Å². The molecule has 0 saturated carbocycles. The molecule has 0 fully saturated rings. The molecule has 0 spiro atoms. The van der Waals surface area contributed by atoms with E-state index in [9.17, 15) is 19.7 Å². The van der Waals surface area contributed by atoms with Gasteiger partial charge >= 0.3 is 5.97 Å². The van der Waals surface area contributed by atoms with Crippen molar-refractivity contribution >= 4 is 23.3 Å². The van der Waals surface area contributed by atoms with E-state index in [4.69, 9.17) is 9.84 Å². The topological polar surface area (TPSA) is 131 Å². The summed E-state index contributed by atoms with van der Waals surface area (Å²) >= 11 is 0. The molecule has 3 N–H and O–H groups in total. The van der Waals surface area contributed by atoms with Crippen LogP contribution >= 0.6 is 0 Å². The molecule has 0 saturated heterocycles. The molecule has 0 heterocycles. The summed E-state index contributed by atoms with van der Waals surface area (Å²) in [6.45, 7) is -0.505. The summed E-state index contributed by atoms with van der Waals surface area (Å²) in [4.78, 5) is 33.0. The number of benzene rings is 1. The van der Waals surface area contributed by atoms with Gasteiger partial charge < -0.3 is 20.5 Å². The Morgan fingerprint density at radius 3 is 2.71 bits per heavy atom. The van der Waals surface area contributed by atoms with Crippen LogP contribution in [0.25, 0.3) is 0 Å². The molecule has 9 heteroatoms. The second kappa shape index (κ2) is 7.80. The fourth-order valence-electron chi connectivity index (χ4n) is 1.44. The maximum atomic E-state index is 11.9. The molecule has 0 aliphatic rings. The summed E-state index contributed by atoms with van der Waals surface area (Å²) in [5, 5.41) is 24.5. The molecule has 1 aromatic carbocycles. The Kier molecular flexibility index (Phi) is 6.08. The second-order valence-corrected chi connectivity index (χ2v) is 3.89. The number of esters is 1. The van der Waals surface area contributed by atoms with Gasteiger partial charge in [0.05, 0.1) is 17.1 Å². The number of likely N-dealkylation sites (N-methyl/N-ethyl adjacent to an activating group) is 1. The van der Waals surface area contributed by atoms with E-state index in [1.807, 2.05) is 0 Å². The molecule has 0 bridgehead atoms. The third-order valence-electron chi connectivity index (χ3n) is 2.47. The van der Waals surface area contributed by atoms with E-state index in [1.54, 1.807) is 0 Å². The fourth-order valence-corrected chi connectivity index (χ4v) is 1.44. The molecular formula is C12H15N3O6. The van der Waals surface area contributed by atoms with Gasteiger partial charge in [-0.1, -0.05) is 0 Å². The van der Waals surface area contributed by atoms with Crippen LogP contribution in [0.15, 0.2) is 18.2 Å². The molecule has 21 heavy (non-hydrogen) atoms. The molecule has 1 rings (SSSR count). The number of aliphatic hydroxyl groups excluding tert-OH is 1. The number of rotatable bonds is 7. The number of hydrogen-bond acceptors (Lipinski definition) is 7. The maximum absolute atomic E-state index is 11.9. The quantitative estimate of drug-likeness (QED) is 0.364. The Morgan fingerprint density at radius 2 is 2.14 bits per heavy atom. The molecule has 0 aliphatic carbocycles. The molecule has 0 radical (unpaired) electrons. The van der Waals surface area contributed by atoms with Crippen molar-refractivity contribution in [1.29, 1.82) is 0 Å². The highest BCUT2D eigenvalue weighted by Gasteiger charge is 2.18. The third-order valence-corrected chi connectivity index (χ3v) is 2.47. The Labute approximate surface area is 120 Å². The van der Waals surface area contributed by atoms with Crippen LogP contribution in [0.3, 0.4) is 0 Å². The first kappa shape index (κ1) is 16.4. The molecule has 0 atom stereocenters. The van der Waals surface area contributed by atoms with Crippen molar-refractivity contribution in [3.63, 3.8) is 0 Å². The number of nitrogens with one attached hydrogen (secondary N) is 2. The van der Waals surface area contributed by atoms with Gasteiger partial charge in [0.2, 0.25) is 0 Å². The van der Waals surface area contributed by atoms with Crippen molar-refractivity contribution < 1.29 is 24.4 Å². The summed E-state index contributed by atoms with van der Waals surface area (Å²) < 4.78 is 4.76. The molecule has 0 aliphatic heterocycles. The minimum absolute atomic E-state index is 0.0819. The van der Waals surface area contributed by atoms with Gasteiger partial charge in [-0.25, -0.2) is 4.79 Å². The average molecular weight is 297 g/mol. The van der Waals surface area contributed by atoms with Crippen LogP contribution in [-0.2, 0) is 9.53 Å². The van der Waals surface area contributed by atoms with Crippen LogP contribution in [0.4, 0.5) is 11.4 Å². The minimum atomic E-state index is -0.872. The zero-order valence-electron chi connectivity index (χ0n) is 11.3. The van der Waals surface area contributed by atoms with E-state index >= 15 is 0 Å². The van der Waals surface area contributed by atoms with E-state index in [0.717, 1.165) is 6.07 Å². The minimum Gasteiger partial charge on any atom is -0.452 e. The molecule has 1 amide bonds. The first-order valence-corrected chi connectivity index (χ1v) is 6.00. The maximum Gasteiger partial charge on any atom is 0.341 e. The summed E-state index contributed by atoms with van der Waals surface area (Å²) in [5.41, 5.74) is -0.0884. The van der Waals surface area contributed by atoms with Gasteiger partial charge in [-0.3, -0.25) is 14.9 Å². The first-order valence-electron chi connectivity index (χ1n) is 6.00. The lowest BCUT2D eigenvalue weighted by Crippen LogP contribution is -2.25. The van der Waals surface area contributed by atoms with Gasteiger partial charge in [-0.05, 0) is 6.07 Å². The number of nitro benzene ring substituents is 1. The number of ether oxygens (including phenoxy) is 1. The first-order chi connectivity index (χ1) is 9.99. The normalized spacial score (nSPS) is 9.81. The van der Waals surface area contributed by atoms with Gasteiger partial charge in [0.1, 0.15) is 0 Å². The van der Waals surface area contributed by atoms with Crippen LogP contribution in [0, 0.1) is 10.1 Å². The molecule has 9 nitrogen and oxygen atoms in total. The van der Waals surface area contributed by atoms with Gasteiger partial charge in [0, 0.05) is 31.4 Å². The standard InChI is InChI=1S/C12H15N3O6/c1-13-11(17)7-21-12(18)9-6-8(15(19)20)2-3-10(9)14-4-5-16/h2-3,6,14,16H,4-5,7H2,1H3,(H,13,17). The van der Waals surface area contributed by atoms with E-state index in [0.29, 0.717) is 0 Å². The molecule has 0 unspecified atom stereocenters. The Bertz CT molecular complexity index is 546. The summed E-state index contributed by atoms with van der Waals surface area (Å²) in [6.07, 6.45) is 0. The van der Waals surface area contributed by atoms with E-state index in [1.165, 1.54) is 19.2 Å². The van der Waals surface area contributed by atoms with Crippen molar-refractivity contribution in [2.24, 2.45) is 0 Å². The zero-order chi connectivity index (χ0) is 15.8. The van der Waals surface area contributed by atoms with E-state index < -0.39 is 23.4 Å². The van der Waals surface area contributed by atoms with Gasteiger partial charge in [0.25, 0.3) is 11.6 Å². The Balaban J connectivity index is 2.98. The Hall–Kier alpha value is -2.68. The molecule has 1 aromatic rings. The fraction of sp³-hybridized carbons (Fsp3) is 0.333. The number of hydrogen-bond donors (Lipinski definition) is 3. The lowest BCUT2D eigenvalue weighted by atomic mass is 10.1. The van der Waals surface area contributed by atoms with Crippen molar-refractivity contribution in [3.8, 4) is 0 Å². The van der Waals surface area contributed by atoms with Gasteiger partial charge in [-0.2, -0.15) is 0 Å². The van der Waals surface area contributed by atoms with Crippen LogP contribution < -0.4 is 10.6 Å². The predicted octanol–water partition coefficient (Wildman–Crippen LogP) is -0.0982. The highest BCUT2D eigenvalue weighted by Crippen LogP contribution is 2.22. The van der Waals surface area contributed by atoms with E-state index in [-0.39, 0.29) is 30.1 Å². The number of anilines is 1. The molecule has 114 valence electrons. The number of aliphatic hydroxyl groups is 1. The number of nitro groups is 1. The number of carbonyl (C=O) groups excluding carboxylic acids is 2. The largest absolute Gasteiger partial charge is 0.452 e. The van der Waals surface area contributed by atoms with Crippen molar-refractivity contribution in [2.45, 2.75) is 0 Å².